The number of hydrogen-bond acceptors (Lipinski definition) is 3. The number of rotatable bonds is 1. The van der Waals surface area contributed by atoms with E-state index in [2.05, 4.69) is 48.3 Å². The molecule has 0 amide bonds. The molecule has 0 fully saturated rings. The van der Waals surface area contributed by atoms with Gasteiger partial charge in [0.25, 0.3) is 0 Å². The Hall–Kier alpha value is -2.29. The van der Waals surface area contributed by atoms with E-state index in [1.54, 1.807) is 0 Å². The van der Waals surface area contributed by atoms with Crippen LogP contribution >= 0.6 is 0 Å². The lowest BCUT2D eigenvalue weighted by Gasteiger charge is -2.36. The molecular weight excluding hydrogens is 248 g/mol. The SMILES string of the molecule is C[C@H]1Oc2ccccc2[C@H]2CC(c3ccccc3)=NN21. The predicted molar refractivity (Wildman–Crippen MR) is 78.7 cm³/mol. The third-order valence-electron chi connectivity index (χ3n) is 4.00. The molecule has 2 atom stereocenters. The van der Waals surface area contributed by atoms with Gasteiger partial charge < -0.3 is 4.74 Å². The molecule has 0 spiro atoms. The predicted octanol–water partition coefficient (Wildman–Crippen LogP) is 3.58. The summed E-state index contributed by atoms with van der Waals surface area (Å²) in [5.74, 6) is 0.991. The third-order valence-corrected chi connectivity index (χ3v) is 4.00. The van der Waals surface area contributed by atoms with Crippen LogP contribution in [0.3, 0.4) is 0 Å². The highest BCUT2D eigenvalue weighted by Crippen LogP contribution is 2.42. The molecular formula is C17H16N2O. The normalized spacial score (nSPS) is 23.6. The second-order valence-electron chi connectivity index (χ2n) is 5.27. The van der Waals surface area contributed by atoms with Crippen LogP contribution in [0.1, 0.15) is 30.5 Å². The average molecular weight is 264 g/mol. The van der Waals surface area contributed by atoms with Crippen LogP contribution in [0.4, 0.5) is 0 Å². The van der Waals surface area contributed by atoms with Gasteiger partial charge in [0.15, 0.2) is 6.23 Å². The molecule has 2 aromatic rings. The maximum absolute atomic E-state index is 5.95. The minimum atomic E-state index is -0.0175. The minimum absolute atomic E-state index is 0.0175. The summed E-state index contributed by atoms with van der Waals surface area (Å²) in [6.07, 6.45) is 0.922. The lowest BCUT2D eigenvalue weighted by Crippen LogP contribution is -2.37. The quantitative estimate of drug-likeness (QED) is 0.786. The molecule has 0 unspecified atom stereocenters. The molecule has 0 aliphatic carbocycles. The van der Waals surface area contributed by atoms with E-state index in [1.165, 1.54) is 11.1 Å². The molecule has 3 heteroatoms. The molecule has 2 aliphatic heterocycles. The summed E-state index contributed by atoms with van der Waals surface area (Å²) in [7, 11) is 0. The molecule has 0 aromatic heterocycles. The van der Waals surface area contributed by atoms with Crippen molar-refractivity contribution in [2.24, 2.45) is 5.10 Å². The lowest BCUT2D eigenvalue weighted by atomic mass is 9.97. The summed E-state index contributed by atoms with van der Waals surface area (Å²) in [4.78, 5) is 0. The zero-order chi connectivity index (χ0) is 13.5. The van der Waals surface area contributed by atoms with Crippen molar-refractivity contribution in [3.8, 4) is 5.75 Å². The molecule has 2 heterocycles. The number of hydrazone groups is 1. The molecule has 0 radical (unpaired) electrons. The number of para-hydroxylation sites is 1. The monoisotopic (exact) mass is 264 g/mol. The van der Waals surface area contributed by atoms with Crippen LogP contribution in [0, 0.1) is 0 Å². The van der Waals surface area contributed by atoms with Crippen LogP contribution in [0.15, 0.2) is 59.7 Å². The number of benzene rings is 2. The fraction of sp³-hybridized carbons (Fsp3) is 0.235. The van der Waals surface area contributed by atoms with Crippen LogP contribution in [0.2, 0.25) is 0 Å². The first-order valence-electron chi connectivity index (χ1n) is 7.00. The molecule has 100 valence electrons. The zero-order valence-corrected chi connectivity index (χ0v) is 11.4. The summed E-state index contributed by atoms with van der Waals surface area (Å²) >= 11 is 0. The summed E-state index contributed by atoms with van der Waals surface area (Å²) in [5.41, 5.74) is 3.58. The zero-order valence-electron chi connectivity index (χ0n) is 11.4. The Morgan fingerprint density at radius 1 is 1.05 bits per heavy atom. The standard InChI is InChI=1S/C17H16N2O/c1-12-19-16(14-9-5-6-10-17(14)20-12)11-15(18-19)13-7-3-2-4-8-13/h2-10,12,16H,11H2,1H3/t12-,16-/m1/s1. The molecule has 4 rings (SSSR count). The number of hydrogen-bond donors (Lipinski definition) is 0. The van der Waals surface area contributed by atoms with Crippen molar-refractivity contribution < 1.29 is 4.74 Å². The highest BCUT2D eigenvalue weighted by Gasteiger charge is 2.37. The smallest absolute Gasteiger partial charge is 0.185 e. The Morgan fingerprint density at radius 2 is 1.80 bits per heavy atom. The molecule has 0 bridgehead atoms. The highest BCUT2D eigenvalue weighted by molar-refractivity contribution is 6.01. The fourth-order valence-electron chi connectivity index (χ4n) is 3.02. The number of ether oxygens (including phenoxy) is 1. The van der Waals surface area contributed by atoms with Crippen molar-refractivity contribution in [3.05, 3.63) is 65.7 Å². The Kier molecular flexibility index (Phi) is 2.52. The average Bonchev–Trinajstić information content (AvgIpc) is 2.94. The van der Waals surface area contributed by atoms with Gasteiger partial charge in [0.2, 0.25) is 0 Å². The maximum Gasteiger partial charge on any atom is 0.185 e. The second-order valence-corrected chi connectivity index (χ2v) is 5.27. The summed E-state index contributed by atoms with van der Waals surface area (Å²) in [6, 6.07) is 19.0. The summed E-state index contributed by atoms with van der Waals surface area (Å²) in [6.45, 7) is 2.06. The van der Waals surface area contributed by atoms with Gasteiger partial charge in [-0.25, -0.2) is 0 Å². The van der Waals surface area contributed by atoms with Gasteiger partial charge in [-0.05, 0) is 18.6 Å². The first-order chi connectivity index (χ1) is 9.83. The highest BCUT2D eigenvalue weighted by atomic mass is 16.5. The minimum Gasteiger partial charge on any atom is -0.469 e. The van der Waals surface area contributed by atoms with Crippen molar-refractivity contribution in [2.75, 3.05) is 0 Å². The Morgan fingerprint density at radius 3 is 2.65 bits per heavy atom. The van der Waals surface area contributed by atoms with Crippen LogP contribution in [0.25, 0.3) is 0 Å². The Bertz CT molecular complexity index is 666. The van der Waals surface area contributed by atoms with E-state index in [1.807, 2.05) is 18.2 Å². The second kappa shape index (κ2) is 4.37. The number of fused-ring (bicyclic) bond motifs is 3. The van der Waals surface area contributed by atoms with Crippen LogP contribution in [-0.2, 0) is 0 Å². The summed E-state index contributed by atoms with van der Waals surface area (Å²) < 4.78 is 5.95. The van der Waals surface area contributed by atoms with Crippen molar-refractivity contribution in [1.29, 1.82) is 0 Å². The van der Waals surface area contributed by atoms with Gasteiger partial charge in [0.05, 0.1) is 11.8 Å². The molecule has 0 saturated heterocycles. The topological polar surface area (TPSA) is 24.8 Å². The Labute approximate surface area is 118 Å². The van der Waals surface area contributed by atoms with E-state index >= 15 is 0 Å². The van der Waals surface area contributed by atoms with Gasteiger partial charge in [-0.1, -0.05) is 48.5 Å². The maximum atomic E-state index is 5.95. The van der Waals surface area contributed by atoms with Crippen LogP contribution < -0.4 is 4.74 Å². The fourth-order valence-corrected chi connectivity index (χ4v) is 3.02. The Balaban J connectivity index is 1.74. The van der Waals surface area contributed by atoms with Gasteiger partial charge in [-0.3, -0.25) is 5.01 Å². The lowest BCUT2D eigenvalue weighted by molar-refractivity contribution is -0.00334. The number of nitrogens with zero attached hydrogens (tertiary/aromatic N) is 2. The van der Waals surface area contributed by atoms with Crippen LogP contribution in [0.5, 0.6) is 5.75 Å². The van der Waals surface area contributed by atoms with E-state index in [9.17, 15) is 0 Å². The molecule has 0 N–H and O–H groups in total. The van der Waals surface area contributed by atoms with Crippen molar-refractivity contribution in [2.45, 2.75) is 25.6 Å². The van der Waals surface area contributed by atoms with Gasteiger partial charge in [-0.2, -0.15) is 5.10 Å². The molecule has 3 nitrogen and oxygen atoms in total. The first-order valence-corrected chi connectivity index (χ1v) is 7.00. The van der Waals surface area contributed by atoms with Crippen LogP contribution in [-0.4, -0.2) is 16.9 Å². The molecule has 2 aromatic carbocycles. The van der Waals surface area contributed by atoms with Gasteiger partial charge in [-0.15, -0.1) is 0 Å². The van der Waals surface area contributed by atoms with E-state index in [-0.39, 0.29) is 6.23 Å². The van der Waals surface area contributed by atoms with Crippen molar-refractivity contribution >= 4 is 5.71 Å². The van der Waals surface area contributed by atoms with E-state index in [0.717, 1.165) is 17.9 Å². The van der Waals surface area contributed by atoms with E-state index in [4.69, 9.17) is 9.84 Å². The van der Waals surface area contributed by atoms with E-state index in [0.29, 0.717) is 6.04 Å². The van der Waals surface area contributed by atoms with Crippen molar-refractivity contribution in [3.63, 3.8) is 0 Å². The van der Waals surface area contributed by atoms with Gasteiger partial charge in [0, 0.05) is 12.0 Å². The summed E-state index contributed by atoms with van der Waals surface area (Å²) in [5, 5.41) is 6.87. The van der Waals surface area contributed by atoms with Crippen molar-refractivity contribution in [1.82, 2.24) is 5.01 Å². The first kappa shape index (κ1) is 11.5. The third kappa shape index (κ3) is 1.70. The molecule has 0 saturated carbocycles. The largest absolute Gasteiger partial charge is 0.469 e. The van der Waals surface area contributed by atoms with Gasteiger partial charge >= 0.3 is 0 Å². The molecule has 2 aliphatic rings. The van der Waals surface area contributed by atoms with E-state index < -0.39 is 0 Å². The van der Waals surface area contributed by atoms with Gasteiger partial charge in [0.1, 0.15) is 5.75 Å². The molecule has 20 heavy (non-hydrogen) atoms.